The van der Waals surface area contributed by atoms with Crippen molar-refractivity contribution >= 4 is 10.4 Å². The van der Waals surface area contributed by atoms with E-state index in [0.717, 1.165) is 17.7 Å². The largest absolute Gasteiger partial charge is 0.726 e. The van der Waals surface area contributed by atoms with Crippen molar-refractivity contribution in [2.75, 3.05) is 26.8 Å². The zero-order valence-electron chi connectivity index (χ0n) is 10.7. The lowest BCUT2D eigenvalue weighted by Gasteiger charge is -2.28. The van der Waals surface area contributed by atoms with Crippen molar-refractivity contribution in [1.82, 2.24) is 4.90 Å². The van der Waals surface area contributed by atoms with Crippen LogP contribution in [0.15, 0.2) is 12.4 Å². The Labute approximate surface area is 104 Å². The first-order chi connectivity index (χ1) is 7.70. The van der Waals surface area contributed by atoms with Crippen LogP contribution in [0, 0.1) is 0 Å². The molecule has 1 N–H and O–H groups in total. The summed E-state index contributed by atoms with van der Waals surface area (Å²) in [5.41, 5.74) is 0. The number of hydrogen-bond acceptors (Lipinski definition) is 4. The minimum atomic E-state index is -4.92. The van der Waals surface area contributed by atoms with Gasteiger partial charge < -0.3 is 9.45 Å². The van der Waals surface area contributed by atoms with Gasteiger partial charge in [0.25, 0.3) is 0 Å². The molecule has 17 heavy (non-hydrogen) atoms. The van der Waals surface area contributed by atoms with Crippen molar-refractivity contribution in [3.05, 3.63) is 12.4 Å². The Morgan fingerprint density at radius 1 is 1.47 bits per heavy atom. The molecule has 1 rings (SSSR count). The number of hydrogen-bond donors (Lipinski definition) is 1. The van der Waals surface area contributed by atoms with E-state index in [-0.39, 0.29) is 0 Å². The lowest BCUT2D eigenvalue weighted by molar-refractivity contribution is -0.861. The predicted molar refractivity (Wildman–Crippen MR) is 64.7 cm³/mol. The first kappa shape index (κ1) is 16.4. The molecule has 0 radical (unpaired) electrons. The highest BCUT2D eigenvalue weighted by molar-refractivity contribution is 7.79. The highest BCUT2D eigenvalue weighted by atomic mass is 32.3. The van der Waals surface area contributed by atoms with Crippen molar-refractivity contribution in [2.24, 2.45) is 0 Å². The van der Waals surface area contributed by atoms with Gasteiger partial charge in [-0.3, -0.25) is 9.04 Å². The Bertz CT molecular complexity index is 334. The molecule has 7 heteroatoms. The Balaban J connectivity index is 0.000000437. The summed E-state index contributed by atoms with van der Waals surface area (Å²) >= 11 is 0. The molecule has 0 amide bonds. The third-order valence-electron chi connectivity index (χ3n) is 2.57. The van der Waals surface area contributed by atoms with Crippen LogP contribution >= 0.6 is 0 Å². The fourth-order valence-corrected chi connectivity index (χ4v) is 1.63. The molecule has 1 aliphatic rings. The Hall–Kier alpha value is -0.630. The lowest BCUT2D eigenvalue weighted by atomic mass is 10.3. The van der Waals surface area contributed by atoms with E-state index in [9.17, 15) is 0 Å². The normalized spacial score (nSPS) is 23.5. The minimum absolute atomic E-state index is 1.10. The molecule has 1 aliphatic heterocycles. The van der Waals surface area contributed by atoms with Gasteiger partial charge >= 0.3 is 0 Å². The van der Waals surface area contributed by atoms with E-state index in [2.05, 4.69) is 38.2 Å². The van der Waals surface area contributed by atoms with Gasteiger partial charge in [-0.15, -0.1) is 0 Å². The van der Waals surface area contributed by atoms with Crippen molar-refractivity contribution in [3.8, 4) is 0 Å². The molecule has 0 aromatic heterocycles. The topological polar surface area (TPSA) is 80.7 Å². The van der Waals surface area contributed by atoms with Gasteiger partial charge in [0.05, 0.1) is 19.8 Å². The molecule has 0 saturated heterocycles. The molecule has 1 atom stereocenters. The van der Waals surface area contributed by atoms with E-state index in [1.165, 1.54) is 19.4 Å². The average Bonchev–Trinajstić information content (AvgIpc) is 2.56. The average molecular weight is 266 g/mol. The summed E-state index contributed by atoms with van der Waals surface area (Å²) < 4.78 is 33.9. The van der Waals surface area contributed by atoms with Crippen LogP contribution in [-0.2, 0) is 10.4 Å². The number of rotatable bonds is 4. The fourth-order valence-electron chi connectivity index (χ4n) is 1.63. The van der Waals surface area contributed by atoms with E-state index in [1.54, 1.807) is 0 Å². The second-order valence-electron chi connectivity index (χ2n) is 4.33. The molecule has 0 aromatic rings. The molecule has 102 valence electrons. The highest BCUT2D eigenvalue weighted by Gasteiger charge is 2.25. The molecular formula is C10H22N2O4S. The summed E-state index contributed by atoms with van der Waals surface area (Å²) in [5, 5.41) is 0. The van der Waals surface area contributed by atoms with Gasteiger partial charge in [-0.1, -0.05) is 13.3 Å². The SMILES string of the molecule is CCCC[N+]1(C)C=CN(CC)C1.O=S(=O)([O-])O. The lowest BCUT2D eigenvalue weighted by Crippen LogP contribution is -2.41. The van der Waals surface area contributed by atoms with Crippen LogP contribution in [0.25, 0.3) is 0 Å². The smallest absolute Gasteiger partial charge is 0.215 e. The second kappa shape index (κ2) is 6.95. The van der Waals surface area contributed by atoms with E-state index in [0.29, 0.717) is 0 Å². The number of nitrogens with zero attached hydrogens (tertiary/aromatic N) is 2. The van der Waals surface area contributed by atoms with E-state index in [1.807, 2.05) is 0 Å². The van der Waals surface area contributed by atoms with Gasteiger partial charge in [-0.25, -0.2) is 8.42 Å². The summed E-state index contributed by atoms with van der Waals surface area (Å²) in [4.78, 5) is 2.37. The zero-order valence-corrected chi connectivity index (χ0v) is 11.5. The number of quaternary nitrogens is 1. The molecule has 0 bridgehead atoms. The van der Waals surface area contributed by atoms with E-state index < -0.39 is 10.4 Å². The summed E-state index contributed by atoms with van der Waals surface area (Å²) in [6.45, 7) is 8.04. The predicted octanol–water partition coefficient (Wildman–Crippen LogP) is 1.00. The van der Waals surface area contributed by atoms with Gasteiger partial charge in [0.15, 0.2) is 6.67 Å². The van der Waals surface area contributed by atoms with Crippen LogP contribution in [0.3, 0.4) is 0 Å². The standard InChI is InChI=1S/C10H21N2.H2O4S/c1-4-6-8-12(3)9-7-11(5-2)10-12;1-5(2,3)4/h7,9H,4-6,8,10H2,1-3H3;(H2,1,2,3,4)/q+1;/p-1. The second-order valence-corrected chi connectivity index (χ2v) is 5.18. The molecule has 1 heterocycles. The molecule has 6 nitrogen and oxygen atoms in total. The quantitative estimate of drug-likeness (QED) is 0.466. The molecule has 0 spiro atoms. The zero-order chi connectivity index (χ0) is 13.5. The van der Waals surface area contributed by atoms with Crippen molar-refractivity contribution in [2.45, 2.75) is 26.7 Å². The summed E-state index contributed by atoms with van der Waals surface area (Å²) in [6.07, 6.45) is 7.18. The van der Waals surface area contributed by atoms with Gasteiger partial charge in [0.1, 0.15) is 6.20 Å². The summed E-state index contributed by atoms with van der Waals surface area (Å²) in [6, 6.07) is 0. The van der Waals surface area contributed by atoms with Crippen LogP contribution in [-0.4, -0.2) is 53.7 Å². The van der Waals surface area contributed by atoms with Crippen LogP contribution in [0.5, 0.6) is 0 Å². The maximum Gasteiger partial charge on any atom is 0.215 e. The monoisotopic (exact) mass is 266 g/mol. The minimum Gasteiger partial charge on any atom is -0.726 e. The molecule has 1 unspecified atom stereocenters. The van der Waals surface area contributed by atoms with Gasteiger partial charge in [-0.2, -0.15) is 0 Å². The van der Waals surface area contributed by atoms with Gasteiger partial charge in [-0.05, 0) is 13.3 Å². The Morgan fingerprint density at radius 3 is 2.35 bits per heavy atom. The van der Waals surface area contributed by atoms with Crippen molar-refractivity contribution in [3.63, 3.8) is 0 Å². The van der Waals surface area contributed by atoms with Crippen molar-refractivity contribution in [1.29, 1.82) is 0 Å². The molecular weight excluding hydrogens is 244 g/mol. The van der Waals surface area contributed by atoms with E-state index >= 15 is 0 Å². The summed E-state index contributed by atoms with van der Waals surface area (Å²) in [7, 11) is -2.61. The molecule has 0 aliphatic carbocycles. The van der Waals surface area contributed by atoms with E-state index in [4.69, 9.17) is 17.5 Å². The highest BCUT2D eigenvalue weighted by Crippen LogP contribution is 2.15. The third-order valence-corrected chi connectivity index (χ3v) is 2.57. The Morgan fingerprint density at radius 2 is 2.00 bits per heavy atom. The van der Waals surface area contributed by atoms with Gasteiger partial charge in [0, 0.05) is 6.54 Å². The third kappa shape index (κ3) is 9.11. The van der Waals surface area contributed by atoms with Crippen molar-refractivity contribution < 1.29 is 22.0 Å². The first-order valence-corrected chi connectivity index (χ1v) is 7.02. The van der Waals surface area contributed by atoms with Gasteiger partial charge in [0.2, 0.25) is 10.4 Å². The number of unbranched alkanes of at least 4 members (excludes halogenated alkanes) is 1. The van der Waals surface area contributed by atoms with Crippen LogP contribution < -0.4 is 0 Å². The molecule has 0 saturated carbocycles. The Kier molecular flexibility index (Phi) is 6.69. The van der Waals surface area contributed by atoms with Crippen LogP contribution in [0.1, 0.15) is 26.7 Å². The maximum absolute atomic E-state index is 8.63. The molecule has 0 fully saturated rings. The summed E-state index contributed by atoms with van der Waals surface area (Å²) in [5.74, 6) is 0. The van der Waals surface area contributed by atoms with Crippen LogP contribution in [0.2, 0.25) is 0 Å². The maximum atomic E-state index is 8.63. The first-order valence-electron chi connectivity index (χ1n) is 5.66. The fraction of sp³-hybridized carbons (Fsp3) is 0.800. The van der Waals surface area contributed by atoms with Crippen LogP contribution in [0.4, 0.5) is 0 Å². The molecule has 0 aromatic carbocycles.